The SMILES string of the molecule is C[Si](C)=[Zr+2].C[Si](C)=[Zr+2].Cc1cc2c(-c3cccc4ccccc34)cccc2[cH-]1.Cc1cc2c(-c3cccc4ccccc34)cccc2[cH-]1.Cc1cc2ccccc2[cH-]1.Cc1cc2ccccc2[cH-]1.Cl.Cl. The molecule has 0 amide bonds. The zero-order valence-corrected chi connectivity index (χ0v) is 50.2. The summed E-state index contributed by atoms with van der Waals surface area (Å²) in [6, 6.07) is 78.2. The van der Waals surface area contributed by atoms with Crippen molar-refractivity contribution < 1.29 is 46.7 Å². The molecule has 0 aliphatic carbocycles. The predicted molar refractivity (Wildman–Crippen MR) is 312 cm³/mol. The molecule has 0 heterocycles. The standard InChI is InChI=1S/2C20H15.2C10H9.2C2H6Si.2ClH.2Zr/c2*1-14-12-16-8-5-11-19(20(16)13-14)18-10-4-7-15-6-2-3-9-17(15)18;2*1-8-6-9-4-2-3-5-10(9)7-8;2*1-3-2;;;;/h2*2-13H,1H3;2*2-7H,1H3;2*1-2H3;2*1H;;/q4*-1;;;;;2*+2. The Kier molecular flexibility index (Phi) is 22.0. The second kappa shape index (κ2) is 27.4. The first-order valence-electron chi connectivity index (χ1n) is 23.4. The van der Waals surface area contributed by atoms with Gasteiger partial charge < -0.3 is 0 Å². The molecule has 0 aliphatic heterocycles. The number of benzene rings is 8. The first-order chi connectivity index (χ1) is 32.8. The van der Waals surface area contributed by atoms with Gasteiger partial charge in [0.1, 0.15) is 0 Å². The molecular formula is C64H62Cl2Si2Zr2. The molecule has 0 aliphatic rings. The van der Waals surface area contributed by atoms with Crippen molar-refractivity contribution in [2.24, 2.45) is 0 Å². The summed E-state index contributed by atoms with van der Waals surface area (Å²) in [5.74, 6) is 0. The Morgan fingerprint density at radius 3 is 0.886 bits per heavy atom. The predicted octanol–water partition coefficient (Wildman–Crippen LogP) is 19.5. The third kappa shape index (κ3) is 15.3. The van der Waals surface area contributed by atoms with E-state index in [0.29, 0.717) is 0 Å². The summed E-state index contributed by atoms with van der Waals surface area (Å²) in [6.45, 7) is 17.8. The molecule has 70 heavy (non-hydrogen) atoms. The Labute approximate surface area is 459 Å². The van der Waals surface area contributed by atoms with Crippen LogP contribution in [0.2, 0.25) is 26.2 Å². The number of rotatable bonds is 2. The van der Waals surface area contributed by atoms with E-state index < -0.39 is 0 Å². The molecule has 12 rings (SSSR count). The van der Waals surface area contributed by atoms with Crippen molar-refractivity contribution in [3.63, 3.8) is 0 Å². The number of fused-ring (bicyclic) bond motifs is 6. The molecule has 0 radical (unpaired) electrons. The molecule has 12 aromatic carbocycles. The van der Waals surface area contributed by atoms with Gasteiger partial charge in [-0.15, -0.1) is 175 Å². The molecular weight excluding hydrogens is 1080 g/mol. The van der Waals surface area contributed by atoms with Crippen LogP contribution in [0.4, 0.5) is 0 Å². The summed E-state index contributed by atoms with van der Waals surface area (Å²) in [5, 5.41) is 16.0. The summed E-state index contributed by atoms with van der Waals surface area (Å²) < 4.78 is 0. The Hall–Kier alpha value is -4.50. The van der Waals surface area contributed by atoms with Crippen molar-refractivity contribution in [2.45, 2.75) is 53.9 Å². The average Bonchev–Trinajstić information content (AvgIpc) is 4.11. The molecule has 0 unspecified atom stereocenters. The quantitative estimate of drug-likeness (QED) is 0.120. The molecule has 12 aromatic rings. The Bertz CT molecular complexity index is 3300. The van der Waals surface area contributed by atoms with Gasteiger partial charge >= 0.3 is 83.7 Å². The van der Waals surface area contributed by atoms with Crippen molar-refractivity contribution in [3.8, 4) is 22.3 Å². The normalized spacial score (nSPS) is 10.2. The van der Waals surface area contributed by atoms with Gasteiger partial charge in [-0.2, -0.15) is 24.3 Å². The van der Waals surface area contributed by atoms with Crippen LogP contribution >= 0.6 is 24.8 Å². The molecule has 0 saturated heterocycles. The topological polar surface area (TPSA) is 0 Å². The van der Waals surface area contributed by atoms with Crippen LogP contribution in [0.1, 0.15) is 22.3 Å². The van der Waals surface area contributed by atoms with E-state index in [-0.39, 0.29) is 35.7 Å². The van der Waals surface area contributed by atoms with Gasteiger partial charge in [-0.1, -0.05) is 148 Å². The van der Waals surface area contributed by atoms with Crippen LogP contribution in [-0.2, 0) is 46.7 Å². The average molecular weight is 1140 g/mol. The monoisotopic (exact) mass is 1140 g/mol. The van der Waals surface area contributed by atoms with Crippen LogP contribution in [0, 0.1) is 27.7 Å². The van der Waals surface area contributed by atoms with Gasteiger partial charge in [0.15, 0.2) is 0 Å². The van der Waals surface area contributed by atoms with Crippen molar-refractivity contribution >= 4 is 100 Å². The second-order valence-electron chi connectivity index (χ2n) is 18.1. The Balaban J connectivity index is 0.000000170. The van der Waals surface area contributed by atoms with E-state index >= 15 is 0 Å². The van der Waals surface area contributed by atoms with Crippen molar-refractivity contribution in [2.75, 3.05) is 0 Å². The molecule has 0 atom stereocenters. The second-order valence-corrected chi connectivity index (χ2v) is 36.8. The zero-order chi connectivity index (χ0) is 48.2. The van der Waals surface area contributed by atoms with E-state index in [0.717, 1.165) is 0 Å². The van der Waals surface area contributed by atoms with E-state index in [9.17, 15) is 0 Å². The molecule has 0 aromatic heterocycles. The molecule has 0 spiro atoms. The minimum Gasteiger partial charge on any atom is -0.165 e. The van der Waals surface area contributed by atoms with Crippen LogP contribution in [0.15, 0.2) is 218 Å². The fourth-order valence-electron chi connectivity index (χ4n) is 8.77. The van der Waals surface area contributed by atoms with Gasteiger partial charge in [0, 0.05) is 0 Å². The maximum absolute atomic E-state index is 2.31. The van der Waals surface area contributed by atoms with E-state index in [1.54, 1.807) is 46.7 Å². The number of aryl methyl sites for hydroxylation is 4. The largest absolute Gasteiger partial charge is 0.165 e. The Morgan fingerprint density at radius 2 is 0.529 bits per heavy atom. The minimum atomic E-state index is 0. The number of hydrogen-bond donors (Lipinski definition) is 0. The molecule has 0 fully saturated rings. The van der Waals surface area contributed by atoms with Gasteiger partial charge in [-0.05, 0) is 32.7 Å². The summed E-state index contributed by atoms with van der Waals surface area (Å²) in [4.78, 5) is 0. The smallest absolute Gasteiger partial charge is 0.0114 e. The zero-order valence-electron chi connectivity index (χ0n) is 41.6. The molecule has 0 saturated carbocycles. The van der Waals surface area contributed by atoms with E-state index in [1.807, 2.05) is 0 Å². The number of halogens is 2. The fraction of sp³-hybridized carbons (Fsp3) is 0.125. The van der Waals surface area contributed by atoms with E-state index in [2.05, 4.69) is 272 Å². The molecule has 0 bridgehead atoms. The summed E-state index contributed by atoms with van der Waals surface area (Å²) >= 11 is 3.48. The van der Waals surface area contributed by atoms with Crippen LogP contribution in [0.3, 0.4) is 0 Å². The molecule has 348 valence electrons. The fourth-order valence-corrected chi connectivity index (χ4v) is 8.77. The summed E-state index contributed by atoms with van der Waals surface area (Å²) in [7, 11) is 0. The van der Waals surface area contributed by atoms with E-state index in [4.69, 9.17) is 0 Å². The van der Waals surface area contributed by atoms with Crippen LogP contribution in [0.25, 0.3) is 86.9 Å². The third-order valence-electron chi connectivity index (χ3n) is 11.5. The van der Waals surface area contributed by atoms with Crippen LogP contribution < -0.4 is 0 Å². The van der Waals surface area contributed by atoms with Gasteiger partial charge in [0.05, 0.1) is 0 Å². The van der Waals surface area contributed by atoms with Gasteiger partial charge in [0.25, 0.3) is 0 Å². The molecule has 0 nitrogen and oxygen atoms in total. The van der Waals surface area contributed by atoms with Crippen molar-refractivity contribution in [1.29, 1.82) is 0 Å². The molecule has 6 heteroatoms. The van der Waals surface area contributed by atoms with Crippen LogP contribution in [0.5, 0.6) is 0 Å². The van der Waals surface area contributed by atoms with Gasteiger partial charge in [-0.3, -0.25) is 0 Å². The van der Waals surface area contributed by atoms with Gasteiger partial charge in [-0.25, -0.2) is 0 Å². The van der Waals surface area contributed by atoms with Crippen LogP contribution in [-0.4, -0.2) is 10.9 Å². The summed E-state index contributed by atoms with van der Waals surface area (Å²) in [6.07, 6.45) is 0. The van der Waals surface area contributed by atoms with E-state index in [1.165, 1.54) is 109 Å². The minimum absolute atomic E-state index is 0. The third-order valence-corrected chi connectivity index (χ3v) is 11.5. The van der Waals surface area contributed by atoms with Gasteiger partial charge in [0.2, 0.25) is 0 Å². The van der Waals surface area contributed by atoms with Crippen molar-refractivity contribution in [3.05, 3.63) is 241 Å². The molecule has 0 N–H and O–H groups in total. The Morgan fingerprint density at radius 1 is 0.286 bits per heavy atom. The summed E-state index contributed by atoms with van der Waals surface area (Å²) in [5.41, 5.74) is 11.1. The first kappa shape index (κ1) is 56.4. The maximum atomic E-state index is 2.31. The first-order valence-corrected chi connectivity index (χ1v) is 35.8. The maximum Gasteiger partial charge on any atom is -0.0114 e. The number of hydrogen-bond acceptors (Lipinski definition) is 0. The van der Waals surface area contributed by atoms with Crippen molar-refractivity contribution in [1.82, 2.24) is 0 Å².